The quantitative estimate of drug-likeness (QED) is 0.485. The largest absolute Gasteiger partial charge is 0.428 e. The molecule has 12 heavy (non-hydrogen) atoms. The zero-order valence-electron chi connectivity index (χ0n) is 9.53. The summed E-state index contributed by atoms with van der Waals surface area (Å²) in [5.74, 6) is 0. The van der Waals surface area contributed by atoms with Gasteiger partial charge in [0.2, 0.25) is 0 Å². The molecule has 0 aliphatic rings. The zero-order chi connectivity index (χ0) is 9.83. The molecule has 0 unspecified atom stereocenters. The minimum absolute atomic E-state index is 0.401. The molecule has 0 N–H and O–H groups in total. The fourth-order valence-corrected chi connectivity index (χ4v) is 1.32. The van der Waals surface area contributed by atoms with Gasteiger partial charge in [-0.15, -0.1) is 0 Å². The topological polar surface area (TPSA) is 9.23 Å². The Hall–Kier alpha value is 0.177. The molecule has 0 spiro atoms. The average Bonchev–Trinajstić information content (AvgIpc) is 1.85. The first-order valence-electron chi connectivity index (χ1n) is 4.80. The second-order valence-corrected chi connectivity index (χ2v) is 5.81. The Morgan fingerprint density at radius 3 is 1.92 bits per heavy atom. The fraction of sp³-hybridized carbons (Fsp3) is 1.00. The number of hydrogen-bond donors (Lipinski definition) is 0. The Balaban J connectivity index is 3.88. The Bertz CT molecular complexity index is 124. The fourth-order valence-electron chi connectivity index (χ4n) is 1.03. The molecule has 0 aromatic carbocycles. The van der Waals surface area contributed by atoms with Crippen molar-refractivity contribution >= 4 is 10.5 Å². The molecule has 74 valence electrons. The lowest BCUT2D eigenvalue weighted by Crippen LogP contribution is -2.29. The van der Waals surface area contributed by atoms with Crippen molar-refractivity contribution in [3.63, 3.8) is 0 Å². The Morgan fingerprint density at radius 1 is 1.08 bits per heavy atom. The van der Waals surface area contributed by atoms with Crippen molar-refractivity contribution in [3.8, 4) is 0 Å². The van der Waals surface area contributed by atoms with E-state index < -0.39 is 0 Å². The summed E-state index contributed by atoms with van der Waals surface area (Å²) in [5, 5.41) is 0. The van der Waals surface area contributed by atoms with Gasteiger partial charge in [0, 0.05) is 6.61 Å². The summed E-state index contributed by atoms with van der Waals surface area (Å²) < 4.78 is 5.19. The van der Waals surface area contributed by atoms with E-state index in [2.05, 4.69) is 34.6 Å². The predicted octanol–water partition coefficient (Wildman–Crippen LogP) is 2.14. The molecule has 2 heteroatoms. The van der Waals surface area contributed by atoms with Crippen LogP contribution < -0.4 is 0 Å². The van der Waals surface area contributed by atoms with Gasteiger partial charge >= 0.3 is 0 Å². The molecule has 0 fully saturated rings. The van der Waals surface area contributed by atoms with Crippen LogP contribution in [0.15, 0.2) is 0 Å². The average molecular weight is 188 g/mol. The predicted molar refractivity (Wildman–Crippen MR) is 58.4 cm³/mol. The van der Waals surface area contributed by atoms with Crippen LogP contribution in [0.4, 0.5) is 0 Å². The van der Waals surface area contributed by atoms with E-state index in [9.17, 15) is 0 Å². The Labute approximate surface area is 80.4 Å². The van der Waals surface area contributed by atoms with Crippen LogP contribution in [0.25, 0.3) is 0 Å². The van der Waals surface area contributed by atoms with Gasteiger partial charge in [-0.25, -0.2) is 0 Å². The van der Waals surface area contributed by atoms with Crippen LogP contribution in [0.2, 0.25) is 0 Å². The maximum absolute atomic E-state index is 5.19. The smallest absolute Gasteiger partial charge is 0.145 e. The van der Waals surface area contributed by atoms with Crippen LogP contribution in [0, 0.1) is 10.8 Å². The van der Waals surface area contributed by atoms with E-state index in [0.29, 0.717) is 10.8 Å². The van der Waals surface area contributed by atoms with Gasteiger partial charge in [-0.1, -0.05) is 34.6 Å². The molecule has 1 nitrogen and oxygen atoms in total. The maximum atomic E-state index is 5.19. The van der Waals surface area contributed by atoms with Crippen LogP contribution in [0.3, 0.4) is 0 Å². The van der Waals surface area contributed by atoms with Crippen molar-refractivity contribution in [2.75, 3.05) is 6.61 Å². The molecule has 0 rings (SSSR count). The summed E-state index contributed by atoms with van der Waals surface area (Å²) >= 11 is 0. The van der Waals surface area contributed by atoms with E-state index in [0.717, 1.165) is 17.1 Å². The summed E-state index contributed by atoms with van der Waals surface area (Å²) in [6, 6.07) is 0. The number of hydrogen-bond acceptors (Lipinski definition) is 1. The van der Waals surface area contributed by atoms with E-state index in [-0.39, 0.29) is 0 Å². The normalized spacial score (nSPS) is 13.8. The standard InChI is InChI=1S/C10H24OSi/c1-9(2,3)10(4,5)7-6-8-11-12/h6-8H2,1-5,12H3. The molecule has 0 saturated carbocycles. The van der Waals surface area contributed by atoms with Gasteiger partial charge in [-0.2, -0.15) is 0 Å². The minimum atomic E-state index is 0.401. The lowest BCUT2D eigenvalue weighted by atomic mass is 9.67. The van der Waals surface area contributed by atoms with Crippen LogP contribution in [-0.4, -0.2) is 17.1 Å². The van der Waals surface area contributed by atoms with Gasteiger partial charge in [-0.05, 0) is 23.7 Å². The van der Waals surface area contributed by atoms with Gasteiger partial charge in [0.25, 0.3) is 0 Å². The van der Waals surface area contributed by atoms with Gasteiger partial charge in [-0.3, -0.25) is 0 Å². The summed E-state index contributed by atoms with van der Waals surface area (Å²) in [4.78, 5) is 0. The maximum Gasteiger partial charge on any atom is 0.145 e. The van der Waals surface area contributed by atoms with Crippen molar-refractivity contribution in [3.05, 3.63) is 0 Å². The van der Waals surface area contributed by atoms with Crippen LogP contribution in [0.5, 0.6) is 0 Å². The van der Waals surface area contributed by atoms with Crippen molar-refractivity contribution in [1.29, 1.82) is 0 Å². The molecule has 0 atom stereocenters. The van der Waals surface area contributed by atoms with Crippen molar-refractivity contribution in [1.82, 2.24) is 0 Å². The van der Waals surface area contributed by atoms with Crippen LogP contribution >= 0.6 is 0 Å². The molecule has 0 heterocycles. The molecule has 0 radical (unpaired) electrons. The Kier molecular flexibility index (Phi) is 4.49. The summed E-state index contributed by atoms with van der Waals surface area (Å²) in [7, 11) is 0.879. The SMILES string of the molecule is CC(C)(C)C(C)(C)CCCO[SiH3]. The van der Waals surface area contributed by atoms with Crippen molar-refractivity contribution in [2.24, 2.45) is 10.8 Å². The molecule has 0 saturated heterocycles. The van der Waals surface area contributed by atoms with E-state index >= 15 is 0 Å². The van der Waals surface area contributed by atoms with Gasteiger partial charge in [0.05, 0.1) is 0 Å². The van der Waals surface area contributed by atoms with Gasteiger partial charge in [0.15, 0.2) is 0 Å². The lowest BCUT2D eigenvalue weighted by molar-refractivity contribution is 0.110. The van der Waals surface area contributed by atoms with Crippen LogP contribution in [0.1, 0.15) is 47.5 Å². The molecule has 0 aliphatic heterocycles. The first-order chi connectivity index (χ1) is 5.31. The third kappa shape index (κ3) is 3.72. The van der Waals surface area contributed by atoms with Crippen molar-refractivity contribution < 1.29 is 4.43 Å². The van der Waals surface area contributed by atoms with Gasteiger partial charge in [0.1, 0.15) is 10.5 Å². The Morgan fingerprint density at radius 2 is 1.58 bits per heavy atom. The molecular formula is C10H24OSi. The lowest BCUT2D eigenvalue weighted by Gasteiger charge is -2.39. The second kappa shape index (κ2) is 4.42. The zero-order valence-corrected chi connectivity index (χ0v) is 11.5. The third-order valence-electron chi connectivity index (χ3n) is 3.18. The van der Waals surface area contributed by atoms with E-state index in [1.165, 1.54) is 12.8 Å². The molecule has 0 bridgehead atoms. The van der Waals surface area contributed by atoms with E-state index in [4.69, 9.17) is 4.43 Å². The van der Waals surface area contributed by atoms with E-state index in [1.54, 1.807) is 0 Å². The molecule has 0 amide bonds. The first kappa shape index (κ1) is 12.2. The molecule has 0 aliphatic carbocycles. The summed E-state index contributed by atoms with van der Waals surface area (Å²) in [6.45, 7) is 12.6. The summed E-state index contributed by atoms with van der Waals surface area (Å²) in [6.07, 6.45) is 2.46. The minimum Gasteiger partial charge on any atom is -0.428 e. The molecular weight excluding hydrogens is 164 g/mol. The highest BCUT2D eigenvalue weighted by atomic mass is 28.2. The number of rotatable bonds is 4. The molecule has 0 aromatic heterocycles. The monoisotopic (exact) mass is 188 g/mol. The van der Waals surface area contributed by atoms with E-state index in [1.807, 2.05) is 0 Å². The van der Waals surface area contributed by atoms with Crippen molar-refractivity contribution in [2.45, 2.75) is 47.5 Å². The third-order valence-corrected chi connectivity index (χ3v) is 3.59. The molecule has 0 aromatic rings. The highest BCUT2D eigenvalue weighted by Gasteiger charge is 2.31. The first-order valence-corrected chi connectivity index (χ1v) is 5.62. The summed E-state index contributed by atoms with van der Waals surface area (Å²) in [5.41, 5.74) is 0.825. The second-order valence-electron chi connectivity index (χ2n) is 5.23. The van der Waals surface area contributed by atoms with Gasteiger partial charge < -0.3 is 4.43 Å². The highest BCUT2D eigenvalue weighted by molar-refractivity contribution is 5.97. The van der Waals surface area contributed by atoms with Crippen LogP contribution in [-0.2, 0) is 4.43 Å². The highest BCUT2D eigenvalue weighted by Crippen LogP contribution is 2.41.